The quantitative estimate of drug-likeness (QED) is 0.317. The van der Waals surface area contributed by atoms with Crippen LogP contribution in [0.4, 0.5) is 0 Å². The Bertz CT molecular complexity index is 372. The van der Waals surface area contributed by atoms with E-state index in [0.717, 1.165) is 0 Å². The molecule has 0 aliphatic heterocycles. The molecule has 2 heteroatoms. The lowest BCUT2D eigenvalue weighted by Crippen LogP contribution is -2.21. The summed E-state index contributed by atoms with van der Waals surface area (Å²) in [7, 11) is -1.07. The van der Waals surface area contributed by atoms with Crippen LogP contribution < -0.4 is 5.30 Å². The predicted molar refractivity (Wildman–Crippen MR) is 108 cm³/mol. The molecule has 132 valence electrons. The molecule has 0 bridgehead atoms. The topological polar surface area (TPSA) is 20.2 Å². The van der Waals surface area contributed by atoms with Crippen LogP contribution in [0.15, 0.2) is 24.3 Å². The van der Waals surface area contributed by atoms with Gasteiger partial charge in [-0.15, -0.1) is 0 Å². The number of benzene rings is 1. The van der Waals surface area contributed by atoms with Crippen molar-refractivity contribution >= 4 is 12.6 Å². The highest BCUT2D eigenvalue weighted by molar-refractivity contribution is 7.82. The number of phenols is 1. The van der Waals surface area contributed by atoms with Gasteiger partial charge in [-0.3, -0.25) is 0 Å². The molecule has 0 saturated carbocycles. The molecule has 0 radical (unpaired) electrons. The van der Waals surface area contributed by atoms with Gasteiger partial charge in [0.25, 0.3) is 0 Å². The van der Waals surface area contributed by atoms with Gasteiger partial charge in [-0.1, -0.05) is 59.3 Å². The van der Waals surface area contributed by atoms with Crippen molar-refractivity contribution in [3.05, 3.63) is 24.3 Å². The van der Waals surface area contributed by atoms with Gasteiger partial charge in [0.1, 0.15) is 5.75 Å². The molecule has 0 heterocycles. The summed E-state index contributed by atoms with van der Waals surface area (Å²) in [4.78, 5) is 0. The van der Waals surface area contributed by atoms with Crippen LogP contribution in [0.3, 0.4) is 0 Å². The molecule has 0 amide bonds. The molecule has 0 fully saturated rings. The molecule has 0 aliphatic carbocycles. The van der Waals surface area contributed by atoms with Gasteiger partial charge >= 0.3 is 0 Å². The summed E-state index contributed by atoms with van der Waals surface area (Å²) in [6.07, 6.45) is 16.4. The first-order valence-electron chi connectivity index (χ1n) is 9.84. The molecule has 0 aliphatic rings. The van der Waals surface area contributed by atoms with Crippen LogP contribution in [0.25, 0.3) is 0 Å². The molecule has 1 aromatic rings. The molecule has 0 spiro atoms. The van der Waals surface area contributed by atoms with Crippen LogP contribution >= 0.6 is 7.26 Å². The Morgan fingerprint density at radius 3 is 1.39 bits per heavy atom. The zero-order valence-corrected chi connectivity index (χ0v) is 16.6. The summed E-state index contributed by atoms with van der Waals surface area (Å²) in [5.74, 6) is 0.405. The van der Waals surface area contributed by atoms with Crippen LogP contribution in [-0.4, -0.2) is 23.6 Å². The highest BCUT2D eigenvalue weighted by atomic mass is 31.2. The minimum atomic E-state index is -1.07. The summed E-state index contributed by atoms with van der Waals surface area (Å²) in [5, 5.41) is 11.2. The molecule has 0 saturated heterocycles. The van der Waals surface area contributed by atoms with Crippen molar-refractivity contribution in [3.8, 4) is 5.75 Å². The van der Waals surface area contributed by atoms with Gasteiger partial charge in [0.15, 0.2) is 0 Å². The fourth-order valence-electron chi connectivity index (χ4n) is 3.48. The van der Waals surface area contributed by atoms with Crippen LogP contribution in [0.2, 0.25) is 0 Å². The summed E-state index contributed by atoms with van der Waals surface area (Å²) < 4.78 is 0. The highest BCUT2D eigenvalue weighted by Gasteiger charge is 2.38. The van der Waals surface area contributed by atoms with E-state index in [1.807, 2.05) is 12.1 Å². The lowest BCUT2D eigenvalue weighted by molar-refractivity contribution is 0.475. The standard InChI is InChI=1S/C21H37OP/c1-4-7-10-17-23(18-11-8-5-2,19-12-9-6-3)21-15-13-20(22)14-16-21/h13-16H,4-12,17-19H2,1-3H3/p+1. The highest BCUT2D eigenvalue weighted by Crippen LogP contribution is 2.59. The third-order valence-electron chi connectivity index (χ3n) is 4.97. The number of phenolic OH excluding ortho intramolecular Hbond substituents is 1. The molecular formula is C21H38OP+. The Morgan fingerprint density at radius 2 is 1.04 bits per heavy atom. The van der Waals surface area contributed by atoms with Crippen molar-refractivity contribution in [1.82, 2.24) is 0 Å². The molecule has 23 heavy (non-hydrogen) atoms. The van der Waals surface area contributed by atoms with Crippen molar-refractivity contribution in [1.29, 1.82) is 0 Å². The Morgan fingerprint density at radius 1 is 0.652 bits per heavy atom. The molecule has 1 aromatic carbocycles. The Labute approximate surface area is 145 Å². The lowest BCUT2D eigenvalue weighted by atomic mass is 10.3. The number of aromatic hydroxyl groups is 1. The van der Waals surface area contributed by atoms with Crippen molar-refractivity contribution in [2.75, 3.05) is 18.5 Å². The van der Waals surface area contributed by atoms with Gasteiger partial charge in [0, 0.05) is 7.26 Å². The van der Waals surface area contributed by atoms with E-state index in [-0.39, 0.29) is 0 Å². The first kappa shape index (κ1) is 20.5. The second kappa shape index (κ2) is 11.9. The Balaban J connectivity index is 2.95. The van der Waals surface area contributed by atoms with E-state index < -0.39 is 7.26 Å². The van der Waals surface area contributed by atoms with E-state index in [2.05, 4.69) is 32.9 Å². The second-order valence-corrected chi connectivity index (χ2v) is 11.1. The average molecular weight is 338 g/mol. The molecule has 0 aromatic heterocycles. The molecule has 1 N–H and O–H groups in total. The largest absolute Gasteiger partial charge is 0.508 e. The van der Waals surface area contributed by atoms with Crippen LogP contribution in [0.5, 0.6) is 5.75 Å². The molecule has 1 rings (SSSR count). The monoisotopic (exact) mass is 337 g/mol. The normalized spacial score (nSPS) is 11.8. The van der Waals surface area contributed by atoms with Crippen molar-refractivity contribution in [3.63, 3.8) is 0 Å². The van der Waals surface area contributed by atoms with Gasteiger partial charge in [-0.05, 0) is 43.5 Å². The van der Waals surface area contributed by atoms with Gasteiger partial charge in [0.05, 0.1) is 23.8 Å². The smallest absolute Gasteiger partial charge is 0.115 e. The minimum absolute atomic E-state index is 0.405. The van der Waals surface area contributed by atoms with Gasteiger partial charge in [-0.2, -0.15) is 0 Å². The number of hydrogen-bond acceptors (Lipinski definition) is 1. The van der Waals surface area contributed by atoms with Crippen LogP contribution in [0.1, 0.15) is 78.6 Å². The summed E-state index contributed by atoms with van der Waals surface area (Å²) in [6.45, 7) is 6.90. The number of hydrogen-bond donors (Lipinski definition) is 1. The maximum absolute atomic E-state index is 9.68. The third kappa shape index (κ3) is 7.25. The van der Waals surface area contributed by atoms with Gasteiger partial charge in [0.2, 0.25) is 0 Å². The summed E-state index contributed by atoms with van der Waals surface area (Å²) in [5.41, 5.74) is 0. The van der Waals surface area contributed by atoms with E-state index in [1.165, 1.54) is 76.3 Å². The fourth-order valence-corrected chi connectivity index (χ4v) is 8.20. The SMILES string of the molecule is CCCCC[P+](CCCCC)(CCCCC)c1ccc(O)cc1. The van der Waals surface area contributed by atoms with Crippen molar-refractivity contribution < 1.29 is 5.11 Å². The Hall–Kier alpha value is -0.550. The van der Waals surface area contributed by atoms with Gasteiger partial charge in [-0.25, -0.2) is 0 Å². The maximum atomic E-state index is 9.68. The minimum Gasteiger partial charge on any atom is -0.508 e. The van der Waals surface area contributed by atoms with E-state index in [0.29, 0.717) is 5.75 Å². The second-order valence-electron chi connectivity index (χ2n) is 6.95. The Kier molecular flexibility index (Phi) is 10.6. The van der Waals surface area contributed by atoms with Gasteiger partial charge < -0.3 is 5.11 Å². The van der Waals surface area contributed by atoms with Crippen LogP contribution in [0, 0.1) is 0 Å². The van der Waals surface area contributed by atoms with E-state index in [4.69, 9.17) is 0 Å². The molecule has 0 atom stereocenters. The van der Waals surface area contributed by atoms with Crippen molar-refractivity contribution in [2.24, 2.45) is 0 Å². The number of unbranched alkanes of at least 4 members (excludes halogenated alkanes) is 6. The lowest BCUT2D eigenvalue weighted by Gasteiger charge is -2.28. The molecule has 0 unspecified atom stereocenters. The third-order valence-corrected chi connectivity index (χ3v) is 9.88. The number of rotatable bonds is 13. The summed E-state index contributed by atoms with van der Waals surface area (Å²) >= 11 is 0. The zero-order valence-electron chi connectivity index (χ0n) is 15.7. The predicted octanol–water partition coefficient (Wildman–Crippen LogP) is 6.61. The van der Waals surface area contributed by atoms with Crippen molar-refractivity contribution in [2.45, 2.75) is 78.6 Å². The van der Waals surface area contributed by atoms with E-state index in [1.54, 1.807) is 5.30 Å². The summed E-state index contributed by atoms with van der Waals surface area (Å²) in [6, 6.07) is 8.27. The fraction of sp³-hybridized carbons (Fsp3) is 0.714. The van der Waals surface area contributed by atoms with E-state index >= 15 is 0 Å². The molecule has 1 nitrogen and oxygen atoms in total. The van der Waals surface area contributed by atoms with E-state index in [9.17, 15) is 5.11 Å². The molecular weight excluding hydrogens is 299 g/mol. The average Bonchev–Trinajstić information content (AvgIpc) is 2.56. The zero-order chi connectivity index (χ0) is 17.0. The maximum Gasteiger partial charge on any atom is 0.115 e. The first-order valence-corrected chi connectivity index (χ1v) is 12.2. The first-order chi connectivity index (χ1) is 11.2. The van der Waals surface area contributed by atoms with Crippen LogP contribution in [-0.2, 0) is 0 Å².